The fraction of sp³-hybridized carbons (Fsp3) is 0.448. The number of aromatic nitrogens is 4. The lowest BCUT2D eigenvalue weighted by Gasteiger charge is -2.32. The molecule has 4 heterocycles. The van der Waals surface area contributed by atoms with Crippen LogP contribution in [0.25, 0.3) is 21.8 Å². The summed E-state index contributed by atoms with van der Waals surface area (Å²) in [5.74, 6) is 4.53. The predicted octanol–water partition coefficient (Wildman–Crippen LogP) is 3.14. The molecule has 2 aliphatic rings. The number of likely N-dealkylation sites (N-methyl/N-ethyl adjacent to an activating group) is 1. The lowest BCUT2D eigenvalue weighted by Crippen LogP contribution is -2.45. The first-order chi connectivity index (χ1) is 21.7. The molecule has 0 unspecified atom stereocenters. The van der Waals surface area contributed by atoms with Crippen LogP contribution in [-0.2, 0) is 0 Å². The van der Waals surface area contributed by atoms with Crippen molar-refractivity contribution < 1.29 is 18.9 Å². The quantitative estimate of drug-likeness (QED) is 0.264. The van der Waals surface area contributed by atoms with Crippen molar-refractivity contribution in [2.45, 2.75) is 0 Å². The molecule has 45 heavy (non-hydrogen) atoms. The summed E-state index contributed by atoms with van der Waals surface area (Å²) in [7, 11) is 8.48. The summed E-state index contributed by atoms with van der Waals surface area (Å²) < 4.78 is 23.0. The van der Waals surface area contributed by atoms with Crippen molar-refractivity contribution in [3.05, 3.63) is 21.1 Å². The Morgan fingerprint density at radius 3 is 1.47 bits per heavy atom. The maximum Gasteiger partial charge on any atom is 0.228 e. The molecule has 2 aliphatic heterocycles. The Morgan fingerprint density at radius 2 is 1.07 bits per heavy atom. The van der Waals surface area contributed by atoms with E-state index in [1.54, 1.807) is 34.5 Å². The molecule has 2 fully saturated rings. The molecule has 14 nitrogen and oxygen atoms in total. The monoisotopic (exact) mass is 748 g/mol. The highest BCUT2D eigenvalue weighted by atomic mass is 79.9. The number of hydrogen-bond acceptors (Lipinski definition) is 14. The lowest BCUT2D eigenvalue weighted by atomic mass is 10.2. The van der Waals surface area contributed by atoms with Crippen molar-refractivity contribution in [3.63, 3.8) is 0 Å². The minimum absolute atomic E-state index is 0.431. The standard InChI is InChI=1S/C15H20BrN5O2.C14H18BrN5O2/c1-20-4-6-21(7-5-20)15-18-12-9(14(17)19-15)8-10(22-2)13(23-3)11(12)16;1-21-9-7-8-11(10(15)12(9)22-2)18-14(19-13(8)16)20-5-3-17-4-6-20/h8H,4-7H2,1-3H3,(H2,17,18,19);7,17H,3-6H2,1-2H3,(H2,16,18,19). The van der Waals surface area contributed by atoms with Crippen molar-refractivity contribution in [1.82, 2.24) is 30.2 Å². The summed E-state index contributed by atoms with van der Waals surface area (Å²) in [5, 5.41) is 4.79. The van der Waals surface area contributed by atoms with Crippen LogP contribution in [0.3, 0.4) is 0 Å². The molecule has 16 heteroatoms. The largest absolute Gasteiger partial charge is 0.493 e. The smallest absolute Gasteiger partial charge is 0.228 e. The van der Waals surface area contributed by atoms with E-state index in [1.807, 2.05) is 6.07 Å². The number of nitrogen functional groups attached to an aromatic ring is 2. The van der Waals surface area contributed by atoms with Gasteiger partial charge in [-0.1, -0.05) is 0 Å². The number of fused-ring (bicyclic) bond motifs is 2. The van der Waals surface area contributed by atoms with Gasteiger partial charge >= 0.3 is 0 Å². The third-order valence-electron chi connectivity index (χ3n) is 7.77. The number of methoxy groups -OCH3 is 4. The number of benzene rings is 2. The lowest BCUT2D eigenvalue weighted by molar-refractivity contribution is 0.311. The van der Waals surface area contributed by atoms with E-state index in [1.165, 1.54) is 0 Å². The van der Waals surface area contributed by atoms with E-state index in [0.29, 0.717) is 46.5 Å². The van der Waals surface area contributed by atoms with Gasteiger partial charge in [0, 0.05) is 63.1 Å². The molecular formula is C29H38Br2N10O4. The molecule has 0 bridgehead atoms. The van der Waals surface area contributed by atoms with Gasteiger partial charge in [-0.25, -0.2) is 9.97 Å². The van der Waals surface area contributed by atoms with Gasteiger partial charge in [-0.15, -0.1) is 0 Å². The summed E-state index contributed by atoms with van der Waals surface area (Å²) in [6, 6.07) is 3.61. The number of rotatable bonds is 6. The molecule has 0 amide bonds. The first-order valence-electron chi connectivity index (χ1n) is 14.3. The first kappa shape index (κ1) is 32.8. The van der Waals surface area contributed by atoms with Gasteiger partial charge in [0.05, 0.1) is 48.4 Å². The van der Waals surface area contributed by atoms with Crippen LogP contribution >= 0.6 is 31.9 Å². The molecule has 0 radical (unpaired) electrons. The maximum absolute atomic E-state index is 6.17. The Labute approximate surface area is 278 Å². The molecule has 5 N–H and O–H groups in total. The Balaban J connectivity index is 0.000000178. The Bertz CT molecular complexity index is 1680. The molecule has 4 aromatic rings. The SMILES string of the molecule is COc1cc2c(N)nc(N3CCN(C)CC3)nc2c(Br)c1OC.COc1cc2c(N)nc(N3CCNCC3)nc2c(Br)c1OC. The van der Waals surface area contributed by atoms with Crippen LogP contribution in [-0.4, -0.2) is 113 Å². The summed E-state index contributed by atoms with van der Waals surface area (Å²) in [5.41, 5.74) is 13.8. The Kier molecular flexibility index (Phi) is 10.4. The molecule has 0 aliphatic carbocycles. The van der Waals surface area contributed by atoms with Crippen LogP contribution in [0.15, 0.2) is 21.1 Å². The molecule has 6 rings (SSSR count). The zero-order valence-electron chi connectivity index (χ0n) is 26.0. The summed E-state index contributed by atoms with van der Waals surface area (Å²) >= 11 is 7.10. The molecule has 0 atom stereocenters. The molecule has 2 saturated heterocycles. The van der Waals surface area contributed by atoms with E-state index in [2.05, 4.69) is 73.9 Å². The second-order valence-electron chi connectivity index (χ2n) is 10.5. The van der Waals surface area contributed by atoms with Crippen LogP contribution < -0.4 is 45.5 Å². The molecule has 2 aromatic carbocycles. The van der Waals surface area contributed by atoms with Gasteiger partial charge in [-0.3, -0.25) is 0 Å². The van der Waals surface area contributed by atoms with Gasteiger partial charge in [0.2, 0.25) is 11.9 Å². The van der Waals surface area contributed by atoms with E-state index in [9.17, 15) is 0 Å². The summed E-state index contributed by atoms with van der Waals surface area (Å²) in [6.45, 7) is 7.26. The van der Waals surface area contributed by atoms with Crippen molar-refractivity contribution in [2.75, 3.05) is 109 Å². The fourth-order valence-electron chi connectivity index (χ4n) is 5.23. The molecule has 0 spiro atoms. The van der Waals surface area contributed by atoms with Crippen molar-refractivity contribution >= 4 is 77.2 Å². The van der Waals surface area contributed by atoms with Gasteiger partial charge in [-0.05, 0) is 51.0 Å². The summed E-state index contributed by atoms with van der Waals surface area (Å²) in [4.78, 5) is 24.8. The average molecular weight is 750 g/mol. The molecule has 0 saturated carbocycles. The number of nitrogens with two attached hydrogens (primary N) is 2. The van der Waals surface area contributed by atoms with E-state index in [0.717, 1.165) is 83.1 Å². The second-order valence-corrected chi connectivity index (χ2v) is 12.1. The predicted molar refractivity (Wildman–Crippen MR) is 184 cm³/mol. The molecule has 2 aromatic heterocycles. The number of ether oxygens (including phenoxy) is 4. The number of anilines is 4. The highest BCUT2D eigenvalue weighted by Crippen LogP contribution is 2.43. The molecular weight excluding hydrogens is 712 g/mol. The van der Waals surface area contributed by atoms with Crippen molar-refractivity contribution in [2.24, 2.45) is 0 Å². The maximum atomic E-state index is 6.17. The van der Waals surface area contributed by atoms with Crippen LogP contribution in [0.4, 0.5) is 23.5 Å². The zero-order chi connectivity index (χ0) is 32.2. The third-order valence-corrected chi connectivity index (χ3v) is 9.25. The van der Waals surface area contributed by atoms with Gasteiger partial charge in [0.15, 0.2) is 23.0 Å². The zero-order valence-corrected chi connectivity index (χ0v) is 29.2. The second kappa shape index (κ2) is 14.2. The minimum atomic E-state index is 0.431. The van der Waals surface area contributed by atoms with Crippen molar-refractivity contribution in [3.8, 4) is 23.0 Å². The minimum Gasteiger partial charge on any atom is -0.493 e. The average Bonchev–Trinajstić information content (AvgIpc) is 3.06. The third kappa shape index (κ3) is 6.68. The van der Waals surface area contributed by atoms with Crippen LogP contribution in [0.2, 0.25) is 0 Å². The number of nitrogens with one attached hydrogen (secondary N) is 1. The van der Waals surface area contributed by atoms with Crippen LogP contribution in [0.5, 0.6) is 23.0 Å². The van der Waals surface area contributed by atoms with Crippen molar-refractivity contribution in [1.29, 1.82) is 0 Å². The molecule has 242 valence electrons. The van der Waals surface area contributed by atoms with Gasteiger partial charge in [0.25, 0.3) is 0 Å². The normalized spacial score (nSPS) is 15.5. The number of nitrogens with zero attached hydrogens (tertiary/aromatic N) is 7. The van der Waals surface area contributed by atoms with Gasteiger partial charge < -0.3 is 50.4 Å². The Morgan fingerprint density at radius 1 is 0.644 bits per heavy atom. The van der Waals surface area contributed by atoms with E-state index < -0.39 is 0 Å². The van der Waals surface area contributed by atoms with Gasteiger partial charge in [-0.2, -0.15) is 9.97 Å². The number of hydrogen-bond donors (Lipinski definition) is 3. The summed E-state index contributed by atoms with van der Waals surface area (Å²) in [6.07, 6.45) is 0. The van der Waals surface area contributed by atoms with E-state index in [-0.39, 0.29) is 0 Å². The van der Waals surface area contributed by atoms with Crippen LogP contribution in [0, 0.1) is 0 Å². The number of piperazine rings is 2. The van der Waals surface area contributed by atoms with E-state index in [4.69, 9.17) is 35.4 Å². The highest BCUT2D eigenvalue weighted by molar-refractivity contribution is 9.11. The van der Waals surface area contributed by atoms with Gasteiger partial charge in [0.1, 0.15) is 11.6 Å². The Hall–Kier alpha value is -3.60. The fourth-order valence-corrected chi connectivity index (χ4v) is 6.55. The van der Waals surface area contributed by atoms with E-state index >= 15 is 0 Å². The highest BCUT2D eigenvalue weighted by Gasteiger charge is 2.22. The first-order valence-corrected chi connectivity index (χ1v) is 15.9. The van der Waals surface area contributed by atoms with Crippen LogP contribution in [0.1, 0.15) is 0 Å². The number of halogens is 2. The topological polar surface area (TPSA) is 162 Å².